The van der Waals surface area contributed by atoms with Crippen LogP contribution in [0.15, 0.2) is 60.8 Å². The molecular formula is C48H63ClN6O5Si. The topological polar surface area (TPSA) is 126 Å². The van der Waals surface area contributed by atoms with E-state index in [1.54, 1.807) is 18.3 Å². The molecule has 0 bridgehead atoms. The Kier molecular flexibility index (Phi) is 14.3. The van der Waals surface area contributed by atoms with E-state index in [-0.39, 0.29) is 22.8 Å². The number of carbonyl (C=O) groups is 3. The van der Waals surface area contributed by atoms with Gasteiger partial charge >= 0.3 is 5.97 Å². The number of hydrogen-bond acceptors (Lipinski definition) is 9. The minimum atomic E-state index is -1.80. The van der Waals surface area contributed by atoms with Crippen LogP contribution in [0.5, 0.6) is 0 Å². The van der Waals surface area contributed by atoms with E-state index >= 15 is 0 Å². The lowest BCUT2D eigenvalue weighted by Crippen LogP contribution is -2.45. The monoisotopic (exact) mass is 866 g/mol. The Bertz CT molecular complexity index is 2250. The van der Waals surface area contributed by atoms with E-state index in [1.807, 2.05) is 63.2 Å². The van der Waals surface area contributed by atoms with Crippen LogP contribution in [-0.4, -0.2) is 85.8 Å². The number of amides is 2. The first-order chi connectivity index (χ1) is 28.8. The fourth-order valence-electron chi connectivity index (χ4n) is 8.24. The molecule has 2 aromatic carbocycles. The Morgan fingerprint density at radius 2 is 1.62 bits per heavy atom. The number of esters is 1. The number of benzene rings is 2. The van der Waals surface area contributed by atoms with Crippen molar-refractivity contribution in [2.45, 2.75) is 111 Å². The van der Waals surface area contributed by atoms with Crippen molar-refractivity contribution in [1.29, 1.82) is 0 Å². The van der Waals surface area contributed by atoms with E-state index in [0.29, 0.717) is 53.5 Å². The number of hydrogen-bond donors (Lipinski definition) is 2. The summed E-state index contributed by atoms with van der Waals surface area (Å²) in [5, 5.41) is 6.61. The van der Waals surface area contributed by atoms with Crippen molar-refractivity contribution in [3.63, 3.8) is 0 Å². The van der Waals surface area contributed by atoms with Crippen molar-refractivity contribution in [1.82, 2.24) is 19.8 Å². The number of anilines is 2. The van der Waals surface area contributed by atoms with E-state index in [0.717, 1.165) is 78.7 Å². The number of carbonyl (C=O) groups excluding carboxylic acids is 3. The molecule has 0 radical (unpaired) electrons. The highest BCUT2D eigenvalue weighted by Crippen LogP contribution is 2.41. The second-order valence-electron chi connectivity index (χ2n) is 18.7. The molecule has 2 N–H and O–H groups in total. The van der Waals surface area contributed by atoms with E-state index in [1.165, 1.54) is 12.7 Å². The zero-order valence-corrected chi connectivity index (χ0v) is 39.4. The van der Waals surface area contributed by atoms with E-state index in [9.17, 15) is 14.4 Å². The summed E-state index contributed by atoms with van der Waals surface area (Å²) in [6.45, 7) is 21.0. The Labute approximate surface area is 368 Å². The molecule has 326 valence electrons. The van der Waals surface area contributed by atoms with Gasteiger partial charge in [0.1, 0.15) is 11.4 Å². The second kappa shape index (κ2) is 18.9. The van der Waals surface area contributed by atoms with Crippen LogP contribution >= 0.6 is 11.6 Å². The molecule has 11 nitrogen and oxygen atoms in total. The van der Waals surface area contributed by atoms with Crippen molar-refractivity contribution in [2.75, 3.05) is 44.5 Å². The fourth-order valence-corrected chi connectivity index (χ4v) is 9.55. The van der Waals surface area contributed by atoms with E-state index < -0.39 is 13.7 Å². The van der Waals surface area contributed by atoms with Crippen molar-refractivity contribution in [2.24, 2.45) is 5.41 Å². The molecule has 1 aliphatic heterocycles. The molecule has 6 rings (SSSR count). The maximum absolute atomic E-state index is 13.8. The standard InChI is InChI=1S/C48H63ClN6O5Si/c1-31-27-41(51-42-30-55(24-21-35(31)42)34-19-22-48(6,23-20-34)46(58)59-8)45(57)53-39-16-12-14-37(43(39)49)36-13-11-15-38(32(36)2)52-44(56)40-18-17-33(28-50-40)29-54(7)25-26-60-61(9,10)47(3,4)5/h11-18,27-28,34H,19-26,29-30H2,1-10H3,(H,52,56)(H,53,57). The summed E-state index contributed by atoms with van der Waals surface area (Å²) in [7, 11) is 1.72. The Morgan fingerprint density at radius 1 is 0.967 bits per heavy atom. The number of rotatable bonds is 13. The summed E-state index contributed by atoms with van der Waals surface area (Å²) in [6, 6.07) is 17.1. The quantitative estimate of drug-likeness (QED) is 0.0998. The van der Waals surface area contributed by atoms with Gasteiger partial charge < -0.3 is 19.8 Å². The number of nitrogens with one attached hydrogen (secondary N) is 2. The fraction of sp³-hybridized carbons (Fsp3) is 0.479. The van der Waals surface area contributed by atoms with Gasteiger partial charge in [-0.3, -0.25) is 29.2 Å². The molecule has 0 spiro atoms. The SMILES string of the molecule is COC(=O)C1(C)CCC(N2CCc3c(C)cc(C(=O)Nc4cccc(-c5cccc(NC(=O)c6ccc(CN(C)CCO[Si](C)(C)C(C)(C)C)cn6)c5C)c4Cl)nc3C2)CC1. The molecule has 13 heteroatoms. The Balaban J connectivity index is 1.08. The number of ether oxygens (including phenoxy) is 1. The minimum absolute atomic E-state index is 0.130. The Morgan fingerprint density at radius 3 is 2.28 bits per heavy atom. The molecule has 2 amide bonds. The summed E-state index contributed by atoms with van der Waals surface area (Å²) in [5.41, 5.74) is 7.85. The van der Waals surface area contributed by atoms with Gasteiger partial charge in [0.2, 0.25) is 0 Å². The first-order valence-electron chi connectivity index (χ1n) is 21.4. The first-order valence-corrected chi connectivity index (χ1v) is 24.7. The molecule has 0 atom stereocenters. The van der Waals surface area contributed by atoms with Gasteiger partial charge in [-0.05, 0) is 130 Å². The molecule has 4 aromatic rings. The third-order valence-corrected chi connectivity index (χ3v) is 18.2. The number of nitrogens with zero attached hydrogens (tertiary/aromatic N) is 4. The lowest BCUT2D eigenvalue weighted by atomic mass is 9.73. The van der Waals surface area contributed by atoms with Gasteiger partial charge in [-0.15, -0.1) is 0 Å². The third-order valence-electron chi connectivity index (χ3n) is 13.3. The summed E-state index contributed by atoms with van der Waals surface area (Å²) in [6.07, 6.45) is 6.04. The lowest BCUT2D eigenvalue weighted by molar-refractivity contribution is -0.154. The van der Waals surface area contributed by atoms with Gasteiger partial charge in [0, 0.05) is 56.3 Å². The molecule has 3 heterocycles. The maximum Gasteiger partial charge on any atom is 0.311 e. The largest absolute Gasteiger partial charge is 0.469 e. The maximum atomic E-state index is 13.8. The van der Waals surface area contributed by atoms with Crippen LogP contribution in [0.1, 0.15) is 102 Å². The van der Waals surface area contributed by atoms with Gasteiger partial charge in [0.15, 0.2) is 8.32 Å². The summed E-state index contributed by atoms with van der Waals surface area (Å²) < 4.78 is 11.4. The normalized spacial score (nSPS) is 18.4. The van der Waals surface area contributed by atoms with Gasteiger partial charge in [-0.25, -0.2) is 4.98 Å². The highest BCUT2D eigenvalue weighted by atomic mass is 35.5. The molecule has 0 unspecified atom stereocenters. The molecular weight excluding hydrogens is 804 g/mol. The van der Waals surface area contributed by atoms with Crippen LogP contribution in [0.2, 0.25) is 23.2 Å². The number of fused-ring (bicyclic) bond motifs is 1. The van der Waals surface area contributed by atoms with Gasteiger partial charge in [0.25, 0.3) is 11.8 Å². The predicted molar refractivity (Wildman–Crippen MR) is 247 cm³/mol. The van der Waals surface area contributed by atoms with Gasteiger partial charge in [-0.1, -0.05) is 62.7 Å². The number of aryl methyl sites for hydroxylation is 1. The van der Waals surface area contributed by atoms with E-state index in [4.69, 9.17) is 25.7 Å². The number of likely N-dealkylation sites (N-methyl/N-ethyl adjacent to an activating group) is 1. The average molecular weight is 868 g/mol. The molecule has 1 saturated carbocycles. The molecule has 61 heavy (non-hydrogen) atoms. The van der Waals surface area contributed by atoms with E-state index in [2.05, 4.69) is 66.3 Å². The first kappa shape index (κ1) is 46.0. The second-order valence-corrected chi connectivity index (χ2v) is 23.9. The van der Waals surface area contributed by atoms with Gasteiger partial charge in [-0.2, -0.15) is 0 Å². The van der Waals surface area contributed by atoms with Crippen LogP contribution in [0.4, 0.5) is 11.4 Å². The minimum Gasteiger partial charge on any atom is -0.469 e. The third kappa shape index (κ3) is 10.6. The van der Waals surface area contributed by atoms with Gasteiger partial charge in [0.05, 0.1) is 28.9 Å². The predicted octanol–water partition coefficient (Wildman–Crippen LogP) is 9.85. The number of pyridine rings is 2. The molecule has 1 aliphatic carbocycles. The van der Waals surface area contributed by atoms with Crippen LogP contribution in [0.3, 0.4) is 0 Å². The van der Waals surface area contributed by atoms with Crippen LogP contribution in [-0.2, 0) is 33.5 Å². The highest BCUT2D eigenvalue weighted by molar-refractivity contribution is 6.74. The number of aromatic nitrogens is 2. The molecule has 1 fully saturated rings. The Hall–Kier alpha value is -4.46. The molecule has 2 aliphatic rings. The van der Waals surface area contributed by atoms with Crippen molar-refractivity contribution in [3.05, 3.63) is 105 Å². The zero-order valence-electron chi connectivity index (χ0n) is 37.6. The molecule has 0 saturated heterocycles. The van der Waals surface area contributed by atoms with Crippen LogP contribution in [0, 0.1) is 19.3 Å². The molecule has 2 aromatic heterocycles. The smallest absolute Gasteiger partial charge is 0.311 e. The number of methoxy groups -OCH3 is 1. The highest BCUT2D eigenvalue weighted by Gasteiger charge is 2.41. The van der Waals surface area contributed by atoms with Crippen molar-refractivity contribution in [3.8, 4) is 11.1 Å². The zero-order chi connectivity index (χ0) is 44.3. The lowest BCUT2D eigenvalue weighted by Gasteiger charge is -2.42. The van der Waals surface area contributed by atoms with Crippen LogP contribution < -0.4 is 10.6 Å². The summed E-state index contributed by atoms with van der Waals surface area (Å²) in [5.74, 6) is -0.784. The summed E-state index contributed by atoms with van der Waals surface area (Å²) >= 11 is 7.04. The van der Waals surface area contributed by atoms with Crippen molar-refractivity contribution >= 4 is 49.1 Å². The van der Waals surface area contributed by atoms with Crippen molar-refractivity contribution < 1.29 is 23.5 Å². The van der Waals surface area contributed by atoms with Crippen LogP contribution in [0.25, 0.3) is 11.1 Å². The number of halogens is 1. The summed E-state index contributed by atoms with van der Waals surface area (Å²) in [4.78, 5) is 53.6. The average Bonchev–Trinajstić information content (AvgIpc) is 3.22.